The van der Waals surface area contributed by atoms with Crippen LogP contribution in [-0.2, 0) is 11.2 Å². The zero-order valence-electron chi connectivity index (χ0n) is 11.8. The summed E-state index contributed by atoms with van der Waals surface area (Å²) >= 11 is 0. The van der Waals surface area contributed by atoms with Crippen LogP contribution in [0.5, 0.6) is 0 Å². The van der Waals surface area contributed by atoms with Crippen molar-refractivity contribution in [2.75, 3.05) is 31.2 Å². The van der Waals surface area contributed by atoms with Gasteiger partial charge in [-0.25, -0.2) is 0 Å². The predicted octanol–water partition coefficient (Wildman–Crippen LogP) is 2.50. The Morgan fingerprint density at radius 1 is 1.37 bits per heavy atom. The van der Waals surface area contributed by atoms with E-state index in [9.17, 15) is 0 Å². The van der Waals surface area contributed by atoms with Gasteiger partial charge in [0.05, 0.1) is 0 Å². The third-order valence-corrected chi connectivity index (χ3v) is 4.45. The summed E-state index contributed by atoms with van der Waals surface area (Å²) in [5.74, 6) is 0.790. The molecule has 0 spiro atoms. The second-order valence-electron chi connectivity index (χ2n) is 5.93. The number of benzene rings is 1. The molecule has 19 heavy (non-hydrogen) atoms. The van der Waals surface area contributed by atoms with Gasteiger partial charge in [0.1, 0.15) is 0 Å². The van der Waals surface area contributed by atoms with Gasteiger partial charge in [-0.15, -0.1) is 0 Å². The van der Waals surface area contributed by atoms with Crippen molar-refractivity contribution in [3.63, 3.8) is 0 Å². The Morgan fingerprint density at radius 3 is 2.89 bits per heavy atom. The quantitative estimate of drug-likeness (QED) is 0.907. The minimum absolute atomic E-state index is 0.121. The van der Waals surface area contributed by atoms with Gasteiger partial charge in [0, 0.05) is 38.0 Å². The minimum Gasteiger partial charge on any atom is -0.381 e. The number of ether oxygens (including phenoxy) is 1. The normalized spacial score (nSPS) is 21.5. The number of nitrogens with zero attached hydrogens (tertiary/aromatic N) is 1. The molecule has 1 unspecified atom stereocenters. The van der Waals surface area contributed by atoms with Crippen molar-refractivity contribution in [3.8, 4) is 0 Å². The van der Waals surface area contributed by atoms with Crippen LogP contribution < -0.4 is 10.6 Å². The molecule has 3 rings (SSSR count). The molecule has 0 aliphatic carbocycles. The van der Waals surface area contributed by atoms with E-state index in [1.807, 2.05) is 0 Å². The fourth-order valence-electron chi connectivity index (χ4n) is 3.18. The van der Waals surface area contributed by atoms with E-state index in [1.54, 1.807) is 0 Å². The standard InChI is InChI=1S/C16H24N2O/c1-12(17)15-3-2-14-4-7-18(16(14)10-15)11-13-5-8-19-9-6-13/h2-3,10,12-13H,4-9,11,17H2,1H3. The van der Waals surface area contributed by atoms with Gasteiger partial charge in [-0.3, -0.25) is 0 Å². The Hall–Kier alpha value is -1.06. The molecule has 2 aliphatic rings. The molecule has 104 valence electrons. The summed E-state index contributed by atoms with van der Waals surface area (Å²) in [6.07, 6.45) is 3.59. The first-order chi connectivity index (χ1) is 9.24. The average Bonchev–Trinajstić information content (AvgIpc) is 2.82. The summed E-state index contributed by atoms with van der Waals surface area (Å²) in [6, 6.07) is 6.86. The van der Waals surface area contributed by atoms with Crippen LogP contribution >= 0.6 is 0 Å². The van der Waals surface area contributed by atoms with E-state index in [4.69, 9.17) is 10.5 Å². The number of fused-ring (bicyclic) bond motifs is 1. The van der Waals surface area contributed by atoms with Crippen molar-refractivity contribution in [1.29, 1.82) is 0 Å². The Balaban J connectivity index is 1.74. The highest BCUT2D eigenvalue weighted by atomic mass is 16.5. The van der Waals surface area contributed by atoms with Gasteiger partial charge >= 0.3 is 0 Å². The van der Waals surface area contributed by atoms with Crippen LogP contribution in [0.2, 0.25) is 0 Å². The highest BCUT2D eigenvalue weighted by Crippen LogP contribution is 2.32. The highest BCUT2D eigenvalue weighted by molar-refractivity contribution is 5.59. The summed E-state index contributed by atoms with van der Waals surface area (Å²) in [5.41, 5.74) is 10.2. The molecular formula is C16H24N2O. The maximum absolute atomic E-state index is 6.00. The third-order valence-electron chi connectivity index (χ3n) is 4.45. The summed E-state index contributed by atoms with van der Waals surface area (Å²) in [7, 11) is 0. The highest BCUT2D eigenvalue weighted by Gasteiger charge is 2.23. The number of anilines is 1. The van der Waals surface area contributed by atoms with Crippen molar-refractivity contribution in [3.05, 3.63) is 29.3 Å². The smallest absolute Gasteiger partial charge is 0.0469 e. The molecule has 0 amide bonds. The SMILES string of the molecule is CC(N)c1ccc2c(c1)N(CC1CCOCC1)CC2. The number of rotatable bonds is 3. The summed E-state index contributed by atoms with van der Waals surface area (Å²) in [6.45, 7) is 6.27. The Labute approximate surface area is 115 Å². The van der Waals surface area contributed by atoms with E-state index < -0.39 is 0 Å². The largest absolute Gasteiger partial charge is 0.381 e. The molecular weight excluding hydrogens is 236 g/mol. The molecule has 0 bridgehead atoms. The van der Waals surface area contributed by atoms with Crippen LogP contribution in [0.3, 0.4) is 0 Å². The molecule has 2 N–H and O–H groups in total. The van der Waals surface area contributed by atoms with E-state index in [2.05, 4.69) is 30.0 Å². The van der Waals surface area contributed by atoms with Crippen molar-refractivity contribution >= 4 is 5.69 Å². The van der Waals surface area contributed by atoms with E-state index in [-0.39, 0.29) is 6.04 Å². The van der Waals surface area contributed by atoms with Crippen molar-refractivity contribution in [2.45, 2.75) is 32.2 Å². The van der Waals surface area contributed by atoms with Crippen LogP contribution in [0.15, 0.2) is 18.2 Å². The molecule has 1 saturated heterocycles. The molecule has 0 aromatic heterocycles. The first kappa shape index (κ1) is 12.9. The van der Waals surface area contributed by atoms with E-state index >= 15 is 0 Å². The first-order valence-corrected chi connectivity index (χ1v) is 7.45. The molecule has 1 aromatic carbocycles. The second-order valence-corrected chi connectivity index (χ2v) is 5.93. The van der Waals surface area contributed by atoms with Gasteiger partial charge < -0.3 is 15.4 Å². The van der Waals surface area contributed by atoms with E-state index in [0.29, 0.717) is 0 Å². The minimum atomic E-state index is 0.121. The van der Waals surface area contributed by atoms with Gasteiger partial charge in [-0.1, -0.05) is 12.1 Å². The molecule has 1 aromatic rings. The molecule has 2 aliphatic heterocycles. The molecule has 3 heteroatoms. The molecule has 2 heterocycles. The molecule has 3 nitrogen and oxygen atoms in total. The maximum atomic E-state index is 6.00. The first-order valence-electron chi connectivity index (χ1n) is 7.45. The molecule has 0 radical (unpaired) electrons. The fraction of sp³-hybridized carbons (Fsp3) is 0.625. The maximum Gasteiger partial charge on any atom is 0.0469 e. The Bertz CT molecular complexity index is 438. The average molecular weight is 260 g/mol. The third kappa shape index (κ3) is 2.77. The van der Waals surface area contributed by atoms with Crippen LogP contribution in [0, 0.1) is 5.92 Å². The van der Waals surface area contributed by atoms with Crippen LogP contribution in [0.4, 0.5) is 5.69 Å². The number of hydrogen-bond acceptors (Lipinski definition) is 3. The lowest BCUT2D eigenvalue weighted by molar-refractivity contribution is 0.0683. The lowest BCUT2D eigenvalue weighted by atomic mass is 9.99. The number of nitrogens with two attached hydrogens (primary N) is 1. The summed E-state index contributed by atoms with van der Waals surface area (Å²) in [4.78, 5) is 2.55. The van der Waals surface area contributed by atoms with Crippen LogP contribution in [-0.4, -0.2) is 26.3 Å². The zero-order valence-corrected chi connectivity index (χ0v) is 11.8. The predicted molar refractivity (Wildman–Crippen MR) is 78.5 cm³/mol. The lowest BCUT2D eigenvalue weighted by Gasteiger charge is -2.29. The summed E-state index contributed by atoms with van der Waals surface area (Å²) < 4.78 is 5.45. The number of hydrogen-bond donors (Lipinski definition) is 1. The van der Waals surface area contributed by atoms with Crippen molar-refractivity contribution in [2.24, 2.45) is 11.7 Å². The van der Waals surface area contributed by atoms with Gasteiger partial charge in [-0.2, -0.15) is 0 Å². The fourth-order valence-corrected chi connectivity index (χ4v) is 3.18. The van der Waals surface area contributed by atoms with Gasteiger partial charge in [0.25, 0.3) is 0 Å². The molecule has 0 saturated carbocycles. The van der Waals surface area contributed by atoms with Gasteiger partial charge in [0.15, 0.2) is 0 Å². The second kappa shape index (κ2) is 5.51. The zero-order chi connectivity index (χ0) is 13.2. The van der Waals surface area contributed by atoms with Gasteiger partial charge in [-0.05, 0) is 49.3 Å². The van der Waals surface area contributed by atoms with Gasteiger partial charge in [0.2, 0.25) is 0 Å². The Kier molecular flexibility index (Phi) is 3.76. The van der Waals surface area contributed by atoms with E-state index in [1.165, 1.54) is 42.6 Å². The van der Waals surface area contributed by atoms with Crippen LogP contribution in [0.25, 0.3) is 0 Å². The monoisotopic (exact) mass is 260 g/mol. The molecule has 1 fully saturated rings. The van der Waals surface area contributed by atoms with Crippen LogP contribution in [0.1, 0.15) is 36.9 Å². The summed E-state index contributed by atoms with van der Waals surface area (Å²) in [5, 5.41) is 0. The Morgan fingerprint density at radius 2 is 2.16 bits per heavy atom. The topological polar surface area (TPSA) is 38.5 Å². The van der Waals surface area contributed by atoms with E-state index in [0.717, 1.165) is 25.7 Å². The van der Waals surface area contributed by atoms with Crippen molar-refractivity contribution in [1.82, 2.24) is 0 Å². The molecule has 1 atom stereocenters. The van der Waals surface area contributed by atoms with Crippen molar-refractivity contribution < 1.29 is 4.74 Å². The lowest BCUT2D eigenvalue weighted by Crippen LogP contribution is -2.31.